The highest BCUT2D eigenvalue weighted by Gasteiger charge is 2.26. The summed E-state index contributed by atoms with van der Waals surface area (Å²) in [6, 6.07) is 8.39. The minimum atomic E-state index is -0.707. The number of carbonyl (C=O) groups excluding carboxylic acids is 2. The lowest BCUT2D eigenvalue weighted by atomic mass is 10.1. The lowest BCUT2D eigenvalue weighted by Gasteiger charge is -2.21. The highest BCUT2D eigenvalue weighted by molar-refractivity contribution is 7.16. The van der Waals surface area contributed by atoms with Gasteiger partial charge in [0, 0.05) is 16.3 Å². The largest absolute Gasteiger partial charge is 0.465 e. The maximum atomic E-state index is 13.2. The molecule has 1 aromatic carbocycles. The maximum absolute atomic E-state index is 13.2. The van der Waals surface area contributed by atoms with Crippen molar-refractivity contribution >= 4 is 39.1 Å². The molecule has 1 N–H and O–H groups in total. The first-order valence-electron chi connectivity index (χ1n) is 9.40. The van der Waals surface area contributed by atoms with Crippen LogP contribution in [-0.4, -0.2) is 23.6 Å². The molecule has 0 fully saturated rings. The van der Waals surface area contributed by atoms with Crippen LogP contribution in [0, 0.1) is 20.8 Å². The van der Waals surface area contributed by atoms with Crippen molar-refractivity contribution in [1.82, 2.24) is 4.57 Å². The number of methoxy groups -OCH3 is 1. The third-order valence-electron chi connectivity index (χ3n) is 5.18. The van der Waals surface area contributed by atoms with Crippen molar-refractivity contribution in [2.24, 2.45) is 0 Å². The molecule has 1 unspecified atom stereocenters. The number of aromatic nitrogens is 1. The highest BCUT2D eigenvalue weighted by atomic mass is 32.1. The van der Waals surface area contributed by atoms with Crippen molar-refractivity contribution in [2.45, 2.75) is 40.2 Å². The Bertz CT molecular complexity index is 1160. The topological polar surface area (TPSA) is 77.4 Å². The molecule has 2 heterocycles. The molecule has 1 amide bonds. The van der Waals surface area contributed by atoms with Crippen molar-refractivity contribution in [2.75, 3.05) is 12.4 Å². The molecule has 3 aromatic rings. The Balaban J connectivity index is 2.07. The van der Waals surface area contributed by atoms with E-state index in [1.54, 1.807) is 6.07 Å². The maximum Gasteiger partial charge on any atom is 0.341 e. The molecule has 0 radical (unpaired) electrons. The molecule has 2 aromatic heterocycles. The van der Waals surface area contributed by atoms with Gasteiger partial charge in [0.05, 0.1) is 18.2 Å². The van der Waals surface area contributed by atoms with Gasteiger partial charge in [0.25, 0.3) is 5.56 Å². The predicted molar refractivity (Wildman–Crippen MR) is 116 cm³/mol. The van der Waals surface area contributed by atoms with Crippen LogP contribution in [0.4, 0.5) is 5.00 Å². The Morgan fingerprint density at radius 2 is 1.90 bits per heavy atom. The van der Waals surface area contributed by atoms with Gasteiger partial charge in [-0.05, 0) is 44.4 Å². The van der Waals surface area contributed by atoms with Crippen LogP contribution in [0.1, 0.15) is 45.7 Å². The number of nitrogens with one attached hydrogen (secondary N) is 1. The van der Waals surface area contributed by atoms with E-state index in [1.165, 1.54) is 23.0 Å². The number of pyridine rings is 1. The van der Waals surface area contributed by atoms with Crippen LogP contribution in [0.5, 0.6) is 0 Å². The Morgan fingerprint density at radius 3 is 2.55 bits per heavy atom. The molecule has 0 bridgehead atoms. The molecular weight excluding hydrogens is 388 g/mol. The van der Waals surface area contributed by atoms with Gasteiger partial charge in [-0.15, -0.1) is 11.3 Å². The van der Waals surface area contributed by atoms with E-state index in [1.807, 2.05) is 52.0 Å². The molecule has 29 heavy (non-hydrogen) atoms. The molecule has 0 aliphatic carbocycles. The molecule has 0 spiro atoms. The van der Waals surface area contributed by atoms with E-state index in [0.29, 0.717) is 22.5 Å². The second kappa shape index (κ2) is 8.21. The summed E-state index contributed by atoms with van der Waals surface area (Å²) < 4.78 is 6.41. The first-order valence-corrected chi connectivity index (χ1v) is 10.2. The van der Waals surface area contributed by atoms with E-state index < -0.39 is 12.0 Å². The summed E-state index contributed by atoms with van der Waals surface area (Å²) in [5, 5.41) is 4.23. The molecule has 0 aliphatic rings. The average molecular weight is 413 g/mol. The van der Waals surface area contributed by atoms with Crippen molar-refractivity contribution in [3.63, 3.8) is 0 Å². The monoisotopic (exact) mass is 412 g/mol. The van der Waals surface area contributed by atoms with Gasteiger partial charge in [0.15, 0.2) is 0 Å². The number of carbonyl (C=O) groups is 2. The molecule has 6 nitrogen and oxygen atoms in total. The minimum absolute atomic E-state index is 0.227. The quantitative estimate of drug-likeness (QED) is 0.632. The molecule has 0 aliphatic heterocycles. The third-order valence-corrected chi connectivity index (χ3v) is 6.30. The van der Waals surface area contributed by atoms with E-state index in [9.17, 15) is 14.4 Å². The van der Waals surface area contributed by atoms with Crippen LogP contribution in [0.2, 0.25) is 0 Å². The Hall–Kier alpha value is -2.93. The highest BCUT2D eigenvalue weighted by Crippen LogP contribution is 2.34. The van der Waals surface area contributed by atoms with E-state index >= 15 is 0 Å². The zero-order valence-corrected chi connectivity index (χ0v) is 18.0. The van der Waals surface area contributed by atoms with Gasteiger partial charge in [-0.2, -0.15) is 0 Å². The average Bonchev–Trinajstić information content (AvgIpc) is 2.97. The molecular formula is C22H24N2O4S. The number of hydrogen-bond acceptors (Lipinski definition) is 5. The number of amides is 1. The normalized spacial score (nSPS) is 12.0. The minimum Gasteiger partial charge on any atom is -0.465 e. The number of para-hydroxylation sites is 1. The summed E-state index contributed by atoms with van der Waals surface area (Å²) in [7, 11) is 1.31. The summed E-state index contributed by atoms with van der Waals surface area (Å²) in [6.07, 6.45) is 0.426. The third kappa shape index (κ3) is 3.70. The molecule has 152 valence electrons. The number of thiophene rings is 1. The van der Waals surface area contributed by atoms with Gasteiger partial charge in [0.2, 0.25) is 5.91 Å². The van der Waals surface area contributed by atoms with Gasteiger partial charge in [-0.3, -0.25) is 14.2 Å². The summed E-state index contributed by atoms with van der Waals surface area (Å²) in [4.78, 5) is 39.1. The number of hydrogen-bond donors (Lipinski definition) is 1. The Labute approximate surface area is 173 Å². The van der Waals surface area contributed by atoms with Gasteiger partial charge >= 0.3 is 5.97 Å². The van der Waals surface area contributed by atoms with Crippen molar-refractivity contribution < 1.29 is 14.3 Å². The van der Waals surface area contributed by atoms with Crippen LogP contribution < -0.4 is 10.9 Å². The lowest BCUT2D eigenvalue weighted by Crippen LogP contribution is -2.33. The SMILES string of the molecule is CCC(C(=O)Nc1sc(C)c(C)c1C(=O)OC)n1c(=O)cc(C)c2ccccc21. The van der Waals surface area contributed by atoms with Crippen LogP contribution in [0.15, 0.2) is 35.1 Å². The van der Waals surface area contributed by atoms with Crippen LogP contribution in [-0.2, 0) is 9.53 Å². The fraction of sp³-hybridized carbons (Fsp3) is 0.318. The molecule has 1 atom stereocenters. The van der Waals surface area contributed by atoms with Crippen LogP contribution >= 0.6 is 11.3 Å². The fourth-order valence-electron chi connectivity index (χ4n) is 3.53. The number of nitrogens with zero attached hydrogens (tertiary/aromatic N) is 1. The molecule has 3 rings (SSSR count). The number of fused-ring (bicyclic) bond motifs is 1. The van der Waals surface area contributed by atoms with Gasteiger partial charge in [0.1, 0.15) is 11.0 Å². The van der Waals surface area contributed by atoms with Crippen molar-refractivity contribution in [1.29, 1.82) is 0 Å². The van der Waals surface area contributed by atoms with Crippen LogP contribution in [0.25, 0.3) is 10.9 Å². The van der Waals surface area contributed by atoms with Crippen molar-refractivity contribution in [3.8, 4) is 0 Å². The number of rotatable bonds is 5. The number of aryl methyl sites for hydroxylation is 2. The summed E-state index contributed by atoms with van der Waals surface area (Å²) in [5.74, 6) is -0.830. The second-order valence-electron chi connectivity index (χ2n) is 6.94. The summed E-state index contributed by atoms with van der Waals surface area (Å²) in [5.41, 5.74) is 2.50. The standard InChI is InChI=1S/C22H24N2O4S/c1-6-16(24-17-10-8-7-9-15(17)12(2)11-18(24)25)20(26)23-21-19(22(27)28-5)13(3)14(4)29-21/h7-11,16H,6H2,1-5H3,(H,23,26). The first kappa shape index (κ1) is 20.8. The second-order valence-corrected chi connectivity index (χ2v) is 8.17. The van der Waals surface area contributed by atoms with Gasteiger partial charge in [-0.25, -0.2) is 4.79 Å². The zero-order chi connectivity index (χ0) is 21.3. The van der Waals surface area contributed by atoms with E-state index in [4.69, 9.17) is 4.74 Å². The van der Waals surface area contributed by atoms with E-state index in [-0.39, 0.29) is 11.5 Å². The van der Waals surface area contributed by atoms with Gasteiger partial charge < -0.3 is 10.1 Å². The first-order chi connectivity index (χ1) is 13.8. The number of esters is 1. The Kier molecular flexibility index (Phi) is 5.88. The summed E-state index contributed by atoms with van der Waals surface area (Å²) in [6.45, 7) is 7.45. The molecule has 0 saturated heterocycles. The fourth-order valence-corrected chi connectivity index (χ4v) is 4.58. The summed E-state index contributed by atoms with van der Waals surface area (Å²) >= 11 is 1.33. The molecule has 0 saturated carbocycles. The predicted octanol–water partition coefficient (Wildman–Crippen LogP) is 4.36. The number of benzene rings is 1. The zero-order valence-electron chi connectivity index (χ0n) is 17.2. The number of anilines is 1. The van der Waals surface area contributed by atoms with Gasteiger partial charge in [-0.1, -0.05) is 25.1 Å². The lowest BCUT2D eigenvalue weighted by molar-refractivity contribution is -0.119. The van der Waals surface area contributed by atoms with E-state index in [2.05, 4.69) is 5.32 Å². The van der Waals surface area contributed by atoms with Crippen LogP contribution in [0.3, 0.4) is 0 Å². The van der Waals surface area contributed by atoms with Crippen molar-refractivity contribution in [3.05, 3.63) is 62.3 Å². The number of ether oxygens (including phenoxy) is 1. The molecule has 7 heteroatoms. The van der Waals surface area contributed by atoms with E-state index in [0.717, 1.165) is 21.4 Å². The Morgan fingerprint density at radius 1 is 1.21 bits per heavy atom. The smallest absolute Gasteiger partial charge is 0.341 e.